The molecule has 0 radical (unpaired) electrons. The number of likely N-dealkylation sites (tertiary alicyclic amines) is 1. The first-order valence-electron chi connectivity index (χ1n) is 6.35. The number of nitrogens with one attached hydrogen (secondary N) is 1. The van der Waals surface area contributed by atoms with Crippen LogP contribution < -0.4 is 5.32 Å². The van der Waals surface area contributed by atoms with E-state index in [-0.39, 0.29) is 0 Å². The Bertz CT molecular complexity index is 358. The van der Waals surface area contributed by atoms with E-state index >= 15 is 0 Å². The highest BCUT2D eigenvalue weighted by Crippen LogP contribution is 2.28. The number of hydrogen-bond acceptors (Lipinski definition) is 4. The highest BCUT2D eigenvalue weighted by Gasteiger charge is 2.28. The van der Waals surface area contributed by atoms with Crippen LogP contribution in [0.3, 0.4) is 0 Å². The first kappa shape index (κ1) is 12.5. The number of rotatable bonds is 5. The summed E-state index contributed by atoms with van der Waals surface area (Å²) >= 11 is 0. The van der Waals surface area contributed by atoms with Gasteiger partial charge in [0.25, 0.3) is 0 Å². The summed E-state index contributed by atoms with van der Waals surface area (Å²) in [6.45, 7) is 9.90. The molecule has 1 saturated heterocycles. The Balaban J connectivity index is 1.78. The molecule has 1 aliphatic heterocycles. The molecule has 17 heavy (non-hydrogen) atoms. The summed E-state index contributed by atoms with van der Waals surface area (Å²) in [5.41, 5.74) is 1.49. The van der Waals surface area contributed by atoms with Crippen LogP contribution in [0.2, 0.25) is 0 Å². The van der Waals surface area contributed by atoms with E-state index in [1.54, 1.807) is 0 Å². The number of aromatic nitrogens is 3. The van der Waals surface area contributed by atoms with E-state index < -0.39 is 0 Å². The molecule has 2 heterocycles. The van der Waals surface area contributed by atoms with Crippen LogP contribution in [0.1, 0.15) is 26.0 Å². The predicted molar refractivity (Wildman–Crippen MR) is 67.6 cm³/mol. The molecule has 1 aliphatic rings. The van der Waals surface area contributed by atoms with Gasteiger partial charge < -0.3 is 10.2 Å². The summed E-state index contributed by atoms with van der Waals surface area (Å²) in [5, 5.41) is 11.3. The molecule has 1 aromatic rings. The van der Waals surface area contributed by atoms with Crippen LogP contribution in [0.5, 0.6) is 0 Å². The third-order valence-electron chi connectivity index (χ3n) is 3.35. The first-order chi connectivity index (χ1) is 8.09. The van der Waals surface area contributed by atoms with E-state index in [1.165, 1.54) is 19.5 Å². The Kier molecular flexibility index (Phi) is 3.79. The zero-order valence-electron chi connectivity index (χ0n) is 11.1. The molecular formula is C12H23N5. The lowest BCUT2D eigenvalue weighted by Gasteiger charge is -2.19. The maximum atomic E-state index is 4.13. The maximum Gasteiger partial charge on any atom is 0.0964 e. The van der Waals surface area contributed by atoms with E-state index in [1.807, 2.05) is 17.9 Å². The SMILES string of the molecule is CNCc1cn(CCN2CCC(C)(C)C2)nn1. The van der Waals surface area contributed by atoms with Crippen molar-refractivity contribution in [3.05, 3.63) is 11.9 Å². The van der Waals surface area contributed by atoms with Crippen molar-refractivity contribution in [2.45, 2.75) is 33.4 Å². The highest BCUT2D eigenvalue weighted by atomic mass is 15.4. The number of hydrogen-bond donors (Lipinski definition) is 1. The van der Waals surface area contributed by atoms with Gasteiger partial charge in [-0.05, 0) is 25.4 Å². The lowest BCUT2D eigenvalue weighted by molar-refractivity contribution is 0.276. The summed E-state index contributed by atoms with van der Waals surface area (Å²) in [6.07, 6.45) is 3.33. The molecule has 1 N–H and O–H groups in total. The molecule has 0 atom stereocenters. The summed E-state index contributed by atoms with van der Waals surface area (Å²) in [7, 11) is 1.92. The first-order valence-corrected chi connectivity index (χ1v) is 6.35. The van der Waals surface area contributed by atoms with Gasteiger partial charge in [0.15, 0.2) is 0 Å². The van der Waals surface area contributed by atoms with Crippen LogP contribution in [-0.2, 0) is 13.1 Å². The predicted octanol–water partition coefficient (Wildman–Crippen LogP) is 0.729. The van der Waals surface area contributed by atoms with Crippen LogP contribution in [-0.4, -0.2) is 46.6 Å². The molecule has 1 fully saturated rings. The van der Waals surface area contributed by atoms with Gasteiger partial charge in [-0.25, -0.2) is 0 Å². The average molecular weight is 237 g/mol. The van der Waals surface area contributed by atoms with Gasteiger partial charge in [0.1, 0.15) is 0 Å². The van der Waals surface area contributed by atoms with Crippen LogP contribution in [0, 0.1) is 5.41 Å². The van der Waals surface area contributed by atoms with E-state index in [4.69, 9.17) is 0 Å². The Labute approximate surface area is 103 Å². The van der Waals surface area contributed by atoms with Crippen molar-refractivity contribution in [1.82, 2.24) is 25.2 Å². The second kappa shape index (κ2) is 5.14. The molecule has 96 valence electrons. The summed E-state index contributed by atoms with van der Waals surface area (Å²) in [5.74, 6) is 0. The van der Waals surface area contributed by atoms with Crippen LogP contribution >= 0.6 is 0 Å². The highest BCUT2D eigenvalue weighted by molar-refractivity contribution is 4.91. The van der Waals surface area contributed by atoms with E-state index in [0.717, 1.165) is 25.3 Å². The normalized spacial score (nSPS) is 19.9. The Morgan fingerprint density at radius 2 is 2.24 bits per heavy atom. The van der Waals surface area contributed by atoms with Crippen LogP contribution in [0.25, 0.3) is 0 Å². The van der Waals surface area contributed by atoms with Crippen molar-refractivity contribution < 1.29 is 0 Å². The Morgan fingerprint density at radius 3 is 2.88 bits per heavy atom. The zero-order chi connectivity index (χ0) is 12.3. The third-order valence-corrected chi connectivity index (χ3v) is 3.35. The van der Waals surface area contributed by atoms with Gasteiger partial charge in [0.05, 0.1) is 12.2 Å². The molecule has 1 aromatic heterocycles. The standard InChI is InChI=1S/C12H23N5/c1-12(2)4-5-16(10-12)6-7-17-9-11(8-13-3)14-15-17/h9,13H,4-8,10H2,1-3H3. The molecule has 0 unspecified atom stereocenters. The topological polar surface area (TPSA) is 46.0 Å². The van der Waals surface area contributed by atoms with E-state index in [0.29, 0.717) is 5.41 Å². The molecule has 0 aliphatic carbocycles. The minimum Gasteiger partial charge on any atom is -0.314 e. The van der Waals surface area contributed by atoms with E-state index in [2.05, 4.69) is 34.4 Å². The molecule has 2 rings (SSSR count). The molecule has 0 bridgehead atoms. The molecule has 0 spiro atoms. The molecule has 5 heteroatoms. The molecule has 0 amide bonds. The molecule has 0 aromatic carbocycles. The smallest absolute Gasteiger partial charge is 0.0964 e. The second-order valence-corrected chi connectivity index (χ2v) is 5.69. The van der Waals surface area contributed by atoms with Gasteiger partial charge in [-0.15, -0.1) is 5.10 Å². The molecular weight excluding hydrogens is 214 g/mol. The second-order valence-electron chi connectivity index (χ2n) is 5.69. The minimum absolute atomic E-state index is 0.486. The minimum atomic E-state index is 0.486. The van der Waals surface area contributed by atoms with Gasteiger partial charge in [-0.1, -0.05) is 19.1 Å². The Morgan fingerprint density at radius 1 is 1.41 bits per heavy atom. The lowest BCUT2D eigenvalue weighted by Crippen LogP contribution is -2.27. The largest absolute Gasteiger partial charge is 0.314 e. The fourth-order valence-electron chi connectivity index (χ4n) is 2.37. The number of nitrogens with zero attached hydrogens (tertiary/aromatic N) is 4. The van der Waals surface area contributed by atoms with Crippen molar-refractivity contribution in [2.75, 3.05) is 26.7 Å². The lowest BCUT2D eigenvalue weighted by atomic mass is 9.93. The fraction of sp³-hybridized carbons (Fsp3) is 0.833. The monoisotopic (exact) mass is 237 g/mol. The molecule has 0 saturated carbocycles. The van der Waals surface area contributed by atoms with Crippen molar-refractivity contribution in [3.63, 3.8) is 0 Å². The van der Waals surface area contributed by atoms with Crippen LogP contribution in [0.15, 0.2) is 6.20 Å². The fourth-order valence-corrected chi connectivity index (χ4v) is 2.37. The summed E-state index contributed by atoms with van der Waals surface area (Å²) < 4.78 is 1.94. The van der Waals surface area contributed by atoms with Crippen molar-refractivity contribution in [2.24, 2.45) is 5.41 Å². The van der Waals surface area contributed by atoms with Gasteiger partial charge in [0, 0.05) is 25.8 Å². The quantitative estimate of drug-likeness (QED) is 0.820. The van der Waals surface area contributed by atoms with E-state index in [9.17, 15) is 0 Å². The van der Waals surface area contributed by atoms with Gasteiger partial charge in [0.2, 0.25) is 0 Å². The van der Waals surface area contributed by atoms with Crippen LogP contribution in [0.4, 0.5) is 0 Å². The molecule has 5 nitrogen and oxygen atoms in total. The van der Waals surface area contributed by atoms with Gasteiger partial charge in [-0.3, -0.25) is 4.68 Å². The van der Waals surface area contributed by atoms with Gasteiger partial charge in [-0.2, -0.15) is 0 Å². The van der Waals surface area contributed by atoms with Crippen molar-refractivity contribution in [1.29, 1.82) is 0 Å². The van der Waals surface area contributed by atoms with Crippen molar-refractivity contribution in [3.8, 4) is 0 Å². The third kappa shape index (κ3) is 3.51. The average Bonchev–Trinajstić information content (AvgIpc) is 2.83. The summed E-state index contributed by atoms with van der Waals surface area (Å²) in [6, 6.07) is 0. The summed E-state index contributed by atoms with van der Waals surface area (Å²) in [4.78, 5) is 2.51. The zero-order valence-corrected chi connectivity index (χ0v) is 11.1. The van der Waals surface area contributed by atoms with Gasteiger partial charge >= 0.3 is 0 Å². The van der Waals surface area contributed by atoms with Crippen molar-refractivity contribution >= 4 is 0 Å². The Hall–Kier alpha value is -0.940. The maximum absolute atomic E-state index is 4.13.